The molecule has 0 aliphatic carbocycles. The first-order chi connectivity index (χ1) is 12.6. The molecule has 8 heteroatoms. The lowest BCUT2D eigenvalue weighted by atomic mass is 10.1. The Kier molecular flexibility index (Phi) is 5.62. The summed E-state index contributed by atoms with van der Waals surface area (Å²) in [6, 6.07) is 6.37. The molecule has 0 atom stereocenters. The van der Waals surface area contributed by atoms with Gasteiger partial charge in [0.1, 0.15) is 11.3 Å². The van der Waals surface area contributed by atoms with Crippen LogP contribution in [-0.4, -0.2) is 33.3 Å². The summed E-state index contributed by atoms with van der Waals surface area (Å²) in [6.07, 6.45) is 0.835. The smallest absolute Gasteiger partial charge is 0.225 e. The van der Waals surface area contributed by atoms with Crippen LogP contribution in [0.4, 0.5) is 16.2 Å². The summed E-state index contributed by atoms with van der Waals surface area (Å²) in [4.78, 5) is 9.16. The zero-order valence-electron chi connectivity index (χ0n) is 15.0. The van der Waals surface area contributed by atoms with Crippen LogP contribution in [0.2, 0.25) is 0 Å². The number of nitrogens with one attached hydrogen (secondary N) is 3. The zero-order valence-corrected chi connectivity index (χ0v) is 15.0. The van der Waals surface area contributed by atoms with Gasteiger partial charge in [-0.2, -0.15) is 10.1 Å². The molecule has 138 valence electrons. The Morgan fingerprint density at radius 3 is 2.58 bits per heavy atom. The van der Waals surface area contributed by atoms with E-state index >= 15 is 0 Å². The molecule has 0 saturated heterocycles. The summed E-state index contributed by atoms with van der Waals surface area (Å²) in [5.41, 5.74) is 8.96. The summed E-state index contributed by atoms with van der Waals surface area (Å²) in [5, 5.41) is 13.9. The molecule has 0 aliphatic rings. The van der Waals surface area contributed by atoms with Gasteiger partial charge in [0.2, 0.25) is 5.95 Å². The Labute approximate surface area is 151 Å². The van der Waals surface area contributed by atoms with Gasteiger partial charge in [0.25, 0.3) is 0 Å². The first kappa shape index (κ1) is 18.1. The fourth-order valence-electron chi connectivity index (χ4n) is 2.61. The monoisotopic (exact) mass is 357 g/mol. The summed E-state index contributed by atoms with van der Waals surface area (Å²) in [5.74, 6) is 1.18. The van der Waals surface area contributed by atoms with Gasteiger partial charge in [0.05, 0.1) is 5.69 Å². The van der Waals surface area contributed by atoms with Crippen molar-refractivity contribution in [3.8, 4) is 0 Å². The molecular formula is C18H24FN7. The van der Waals surface area contributed by atoms with Gasteiger partial charge in [0.15, 0.2) is 11.3 Å². The maximum Gasteiger partial charge on any atom is 0.225 e. The van der Waals surface area contributed by atoms with Gasteiger partial charge in [-0.1, -0.05) is 26.0 Å². The molecule has 0 amide bonds. The molecule has 0 fully saturated rings. The predicted molar refractivity (Wildman–Crippen MR) is 102 cm³/mol. The van der Waals surface area contributed by atoms with E-state index in [4.69, 9.17) is 5.73 Å². The van der Waals surface area contributed by atoms with Crippen LogP contribution in [0.1, 0.15) is 37.4 Å². The largest absolute Gasteiger partial charge is 0.364 e. The third-order valence-electron chi connectivity index (χ3n) is 4.04. The molecule has 0 spiro atoms. The highest BCUT2D eigenvalue weighted by Crippen LogP contribution is 2.27. The summed E-state index contributed by atoms with van der Waals surface area (Å²) in [6.45, 7) is 5.99. The van der Waals surface area contributed by atoms with Crippen molar-refractivity contribution in [2.75, 3.05) is 23.7 Å². The first-order valence-electron chi connectivity index (χ1n) is 8.76. The van der Waals surface area contributed by atoms with Crippen LogP contribution < -0.4 is 16.4 Å². The molecule has 0 saturated carbocycles. The van der Waals surface area contributed by atoms with Gasteiger partial charge < -0.3 is 16.4 Å². The maximum atomic E-state index is 13.1. The normalized spacial score (nSPS) is 11.3. The topological polar surface area (TPSA) is 105 Å². The fourth-order valence-corrected chi connectivity index (χ4v) is 2.61. The van der Waals surface area contributed by atoms with Crippen LogP contribution in [-0.2, 0) is 6.54 Å². The van der Waals surface area contributed by atoms with Crippen LogP contribution in [0, 0.1) is 5.82 Å². The van der Waals surface area contributed by atoms with Crippen molar-refractivity contribution < 1.29 is 4.39 Å². The second-order valence-electron chi connectivity index (χ2n) is 6.43. The SMILES string of the molecule is CC(C)c1[nH]nc2c(NCc3ccc(F)cc3)nc(NCCCN)nc12. The van der Waals surface area contributed by atoms with Gasteiger partial charge in [-0.25, -0.2) is 9.37 Å². The number of fused-ring (bicyclic) bond motifs is 1. The lowest BCUT2D eigenvalue weighted by Crippen LogP contribution is -2.12. The van der Waals surface area contributed by atoms with Gasteiger partial charge in [-0.05, 0) is 36.6 Å². The van der Waals surface area contributed by atoms with Gasteiger partial charge in [-0.3, -0.25) is 5.10 Å². The first-order valence-corrected chi connectivity index (χ1v) is 8.76. The average molecular weight is 357 g/mol. The zero-order chi connectivity index (χ0) is 18.5. The number of aromatic amines is 1. The molecule has 5 N–H and O–H groups in total. The van der Waals surface area contributed by atoms with Crippen molar-refractivity contribution in [3.63, 3.8) is 0 Å². The molecule has 0 aliphatic heterocycles. The molecule has 0 radical (unpaired) electrons. The number of H-pyrrole nitrogens is 1. The molecule has 0 unspecified atom stereocenters. The molecule has 1 aromatic carbocycles. The highest BCUT2D eigenvalue weighted by atomic mass is 19.1. The Morgan fingerprint density at radius 2 is 1.88 bits per heavy atom. The van der Waals surface area contributed by atoms with Crippen LogP contribution in [0.3, 0.4) is 0 Å². The standard InChI is InChI=1S/C18H24FN7/c1-11(2)14-15-16(26-25-14)17(24-18(23-15)21-9-3-8-20)22-10-12-4-6-13(19)7-5-12/h4-7,11H,3,8-10,20H2,1-2H3,(H,25,26)(H2,21,22,23,24). The number of benzene rings is 1. The number of hydrogen-bond donors (Lipinski definition) is 4. The van der Waals surface area contributed by atoms with E-state index in [2.05, 4.69) is 44.6 Å². The molecular weight excluding hydrogens is 333 g/mol. The van der Waals surface area contributed by atoms with Gasteiger partial charge >= 0.3 is 0 Å². The quantitative estimate of drug-likeness (QED) is 0.462. The number of rotatable bonds is 8. The van der Waals surface area contributed by atoms with E-state index in [-0.39, 0.29) is 11.7 Å². The molecule has 3 rings (SSSR count). The van der Waals surface area contributed by atoms with E-state index < -0.39 is 0 Å². The molecule has 2 aromatic heterocycles. The van der Waals surface area contributed by atoms with E-state index in [0.717, 1.165) is 23.2 Å². The minimum atomic E-state index is -0.251. The highest BCUT2D eigenvalue weighted by Gasteiger charge is 2.16. The molecule has 26 heavy (non-hydrogen) atoms. The molecule has 7 nitrogen and oxygen atoms in total. The third kappa shape index (κ3) is 4.08. The van der Waals surface area contributed by atoms with Crippen molar-refractivity contribution in [1.82, 2.24) is 20.2 Å². The molecule has 2 heterocycles. The molecule has 0 bridgehead atoms. The number of nitrogens with two attached hydrogens (primary N) is 1. The highest BCUT2D eigenvalue weighted by molar-refractivity contribution is 5.88. The maximum absolute atomic E-state index is 13.1. The predicted octanol–water partition coefficient (Wildman–Crippen LogP) is 2.99. The van der Waals surface area contributed by atoms with E-state index in [1.165, 1.54) is 12.1 Å². The van der Waals surface area contributed by atoms with Crippen LogP contribution >= 0.6 is 0 Å². The lowest BCUT2D eigenvalue weighted by molar-refractivity contribution is 0.627. The number of hydrogen-bond acceptors (Lipinski definition) is 6. The van der Waals surface area contributed by atoms with Crippen LogP contribution in [0.25, 0.3) is 11.0 Å². The van der Waals surface area contributed by atoms with Crippen LogP contribution in [0.5, 0.6) is 0 Å². The number of halogens is 1. The average Bonchev–Trinajstić information content (AvgIpc) is 3.05. The number of nitrogens with zero attached hydrogens (tertiary/aromatic N) is 3. The third-order valence-corrected chi connectivity index (χ3v) is 4.04. The van der Waals surface area contributed by atoms with E-state index in [1.807, 2.05) is 0 Å². The Hall–Kier alpha value is -2.74. The van der Waals surface area contributed by atoms with E-state index in [9.17, 15) is 4.39 Å². The summed E-state index contributed by atoms with van der Waals surface area (Å²) >= 11 is 0. The Balaban J connectivity index is 1.89. The number of aromatic nitrogens is 4. The summed E-state index contributed by atoms with van der Waals surface area (Å²) < 4.78 is 13.1. The van der Waals surface area contributed by atoms with Crippen LogP contribution in [0.15, 0.2) is 24.3 Å². The minimum absolute atomic E-state index is 0.251. The number of anilines is 2. The Morgan fingerprint density at radius 1 is 1.12 bits per heavy atom. The van der Waals surface area contributed by atoms with E-state index in [0.29, 0.717) is 36.9 Å². The summed E-state index contributed by atoms with van der Waals surface area (Å²) in [7, 11) is 0. The van der Waals surface area contributed by atoms with Gasteiger partial charge in [0, 0.05) is 13.1 Å². The van der Waals surface area contributed by atoms with Crippen molar-refractivity contribution in [3.05, 3.63) is 41.3 Å². The van der Waals surface area contributed by atoms with Crippen molar-refractivity contribution in [2.45, 2.75) is 32.7 Å². The van der Waals surface area contributed by atoms with Crippen molar-refractivity contribution in [1.29, 1.82) is 0 Å². The fraction of sp³-hybridized carbons (Fsp3) is 0.389. The minimum Gasteiger partial charge on any atom is -0.364 e. The Bertz CT molecular complexity index is 858. The van der Waals surface area contributed by atoms with Gasteiger partial charge in [-0.15, -0.1) is 0 Å². The second-order valence-corrected chi connectivity index (χ2v) is 6.43. The lowest BCUT2D eigenvalue weighted by Gasteiger charge is -2.10. The van der Waals surface area contributed by atoms with Crippen molar-refractivity contribution in [2.24, 2.45) is 5.73 Å². The van der Waals surface area contributed by atoms with E-state index in [1.54, 1.807) is 12.1 Å². The second kappa shape index (κ2) is 8.09. The molecule has 3 aromatic rings. The van der Waals surface area contributed by atoms with Crippen molar-refractivity contribution >= 4 is 22.8 Å².